The molecule has 0 fully saturated rings. The molecular formula is C18H14Cl2N2O3. The third-order valence-corrected chi connectivity index (χ3v) is 3.81. The molecule has 3 aromatic rings. The molecule has 5 nitrogen and oxygen atoms in total. The minimum atomic E-state index is -0.469. The number of furan rings is 1. The van der Waals surface area contributed by atoms with Crippen molar-refractivity contribution in [3.63, 3.8) is 0 Å². The Hall–Kier alpha value is -2.50. The highest BCUT2D eigenvalue weighted by Gasteiger charge is 2.12. The SMILES string of the molecule is CCOc1ccc(Cl)cc1/C=N\NC(=O)c1cc2cc(Cl)ccc2o1. The number of fused-ring (bicyclic) bond motifs is 1. The number of benzene rings is 2. The van der Waals surface area contributed by atoms with Crippen LogP contribution in [0.5, 0.6) is 5.75 Å². The summed E-state index contributed by atoms with van der Waals surface area (Å²) in [5.41, 5.74) is 3.65. The van der Waals surface area contributed by atoms with Gasteiger partial charge in [0, 0.05) is 21.0 Å². The van der Waals surface area contributed by atoms with Crippen molar-refractivity contribution in [1.82, 2.24) is 5.43 Å². The van der Waals surface area contributed by atoms with Crippen molar-refractivity contribution >= 4 is 46.3 Å². The van der Waals surface area contributed by atoms with E-state index in [2.05, 4.69) is 10.5 Å². The Labute approximate surface area is 154 Å². The fourth-order valence-electron chi connectivity index (χ4n) is 2.25. The molecule has 0 aliphatic rings. The first-order chi connectivity index (χ1) is 12.1. The van der Waals surface area contributed by atoms with Crippen LogP contribution in [-0.4, -0.2) is 18.7 Å². The monoisotopic (exact) mass is 376 g/mol. The largest absolute Gasteiger partial charge is 0.493 e. The van der Waals surface area contributed by atoms with Crippen LogP contribution in [0.4, 0.5) is 0 Å². The van der Waals surface area contributed by atoms with E-state index in [1.54, 1.807) is 42.5 Å². The molecule has 3 rings (SSSR count). The molecule has 0 radical (unpaired) electrons. The number of nitrogens with zero attached hydrogens (tertiary/aromatic N) is 1. The van der Waals surface area contributed by atoms with E-state index in [0.29, 0.717) is 33.5 Å². The molecule has 0 unspecified atom stereocenters. The Morgan fingerprint density at radius 2 is 1.96 bits per heavy atom. The Bertz CT molecular complexity index is 951. The highest BCUT2D eigenvalue weighted by molar-refractivity contribution is 6.31. The number of hydrogen-bond donors (Lipinski definition) is 1. The number of amides is 1. The Kier molecular flexibility index (Phi) is 5.26. The Balaban J connectivity index is 1.75. The Morgan fingerprint density at radius 3 is 2.76 bits per heavy atom. The summed E-state index contributed by atoms with van der Waals surface area (Å²) < 4.78 is 11.0. The van der Waals surface area contributed by atoms with Gasteiger partial charge in [-0.25, -0.2) is 5.43 Å². The van der Waals surface area contributed by atoms with Crippen LogP contribution in [0.3, 0.4) is 0 Å². The van der Waals surface area contributed by atoms with Gasteiger partial charge in [0.05, 0.1) is 12.8 Å². The standard InChI is InChI=1S/C18H14Cl2N2O3/c1-2-24-15-5-3-14(20)8-12(15)10-21-22-18(23)17-9-11-7-13(19)4-6-16(11)25-17/h3-10H,2H2,1H3,(H,22,23)/b21-10-. The Morgan fingerprint density at radius 1 is 1.20 bits per heavy atom. The first-order valence-electron chi connectivity index (χ1n) is 7.51. The van der Waals surface area contributed by atoms with Gasteiger partial charge in [-0.3, -0.25) is 4.79 Å². The van der Waals surface area contributed by atoms with Gasteiger partial charge in [0.2, 0.25) is 0 Å². The van der Waals surface area contributed by atoms with Gasteiger partial charge >= 0.3 is 5.91 Å². The van der Waals surface area contributed by atoms with Crippen LogP contribution in [0, 0.1) is 0 Å². The number of carbonyl (C=O) groups is 1. The average Bonchev–Trinajstić information content (AvgIpc) is 3.00. The van der Waals surface area contributed by atoms with Gasteiger partial charge < -0.3 is 9.15 Å². The molecule has 0 atom stereocenters. The van der Waals surface area contributed by atoms with E-state index in [1.165, 1.54) is 6.21 Å². The average molecular weight is 377 g/mol. The highest BCUT2D eigenvalue weighted by Crippen LogP contribution is 2.23. The molecule has 2 aromatic carbocycles. The molecule has 1 aromatic heterocycles. The number of rotatable bonds is 5. The number of carbonyl (C=O) groups excluding carboxylic acids is 1. The van der Waals surface area contributed by atoms with Crippen molar-refractivity contribution in [2.45, 2.75) is 6.92 Å². The van der Waals surface area contributed by atoms with Crippen LogP contribution in [-0.2, 0) is 0 Å². The minimum Gasteiger partial charge on any atom is -0.493 e. The van der Waals surface area contributed by atoms with E-state index < -0.39 is 5.91 Å². The number of hydrazone groups is 1. The van der Waals surface area contributed by atoms with E-state index in [9.17, 15) is 4.79 Å². The zero-order valence-electron chi connectivity index (χ0n) is 13.3. The number of hydrogen-bond acceptors (Lipinski definition) is 4. The van der Waals surface area contributed by atoms with Crippen LogP contribution >= 0.6 is 23.2 Å². The molecule has 1 heterocycles. The molecule has 0 aliphatic carbocycles. The molecule has 0 saturated carbocycles. The van der Waals surface area contributed by atoms with Crippen molar-refractivity contribution in [2.24, 2.45) is 5.10 Å². The van der Waals surface area contributed by atoms with Gasteiger partial charge in [0.25, 0.3) is 0 Å². The van der Waals surface area contributed by atoms with E-state index in [1.807, 2.05) is 6.92 Å². The summed E-state index contributed by atoms with van der Waals surface area (Å²) in [7, 11) is 0. The summed E-state index contributed by atoms with van der Waals surface area (Å²) >= 11 is 11.9. The molecule has 0 saturated heterocycles. The minimum absolute atomic E-state index is 0.144. The van der Waals surface area contributed by atoms with Gasteiger partial charge in [-0.15, -0.1) is 0 Å². The van der Waals surface area contributed by atoms with E-state index in [4.69, 9.17) is 32.4 Å². The lowest BCUT2D eigenvalue weighted by atomic mass is 10.2. The predicted octanol–water partition coefficient (Wildman–Crippen LogP) is 4.90. The molecule has 1 N–H and O–H groups in total. The van der Waals surface area contributed by atoms with Crippen LogP contribution in [0.25, 0.3) is 11.0 Å². The van der Waals surface area contributed by atoms with Crippen molar-refractivity contribution in [1.29, 1.82) is 0 Å². The zero-order valence-corrected chi connectivity index (χ0v) is 14.8. The first kappa shape index (κ1) is 17.3. The summed E-state index contributed by atoms with van der Waals surface area (Å²) in [6.45, 7) is 2.39. The van der Waals surface area contributed by atoms with E-state index in [-0.39, 0.29) is 5.76 Å². The fraction of sp³-hybridized carbons (Fsp3) is 0.111. The summed E-state index contributed by atoms with van der Waals surface area (Å²) in [6.07, 6.45) is 1.47. The molecule has 25 heavy (non-hydrogen) atoms. The highest BCUT2D eigenvalue weighted by atomic mass is 35.5. The normalized spacial score (nSPS) is 11.2. The quantitative estimate of drug-likeness (QED) is 0.508. The number of halogens is 2. The summed E-state index contributed by atoms with van der Waals surface area (Å²) in [5.74, 6) is 0.303. The van der Waals surface area contributed by atoms with Crippen molar-refractivity contribution in [3.05, 3.63) is 63.8 Å². The molecule has 1 amide bonds. The van der Waals surface area contributed by atoms with Crippen LogP contribution in [0.1, 0.15) is 23.0 Å². The number of ether oxygens (including phenoxy) is 1. The predicted molar refractivity (Wildman–Crippen MR) is 98.9 cm³/mol. The second-order valence-corrected chi connectivity index (χ2v) is 5.98. The maximum Gasteiger partial charge on any atom is 0.307 e. The third-order valence-electron chi connectivity index (χ3n) is 3.34. The summed E-state index contributed by atoms with van der Waals surface area (Å²) in [4.78, 5) is 12.2. The molecule has 0 bridgehead atoms. The molecule has 128 valence electrons. The maximum absolute atomic E-state index is 12.2. The lowest BCUT2D eigenvalue weighted by Gasteiger charge is -2.06. The van der Waals surface area contributed by atoms with Crippen molar-refractivity contribution in [2.75, 3.05) is 6.61 Å². The lowest BCUT2D eigenvalue weighted by Crippen LogP contribution is -2.16. The molecular weight excluding hydrogens is 363 g/mol. The molecule has 7 heteroatoms. The first-order valence-corrected chi connectivity index (χ1v) is 8.27. The van der Waals surface area contributed by atoms with Crippen LogP contribution in [0.15, 0.2) is 52.0 Å². The van der Waals surface area contributed by atoms with Crippen molar-refractivity contribution < 1.29 is 13.9 Å². The van der Waals surface area contributed by atoms with Crippen molar-refractivity contribution in [3.8, 4) is 5.75 Å². The third kappa shape index (κ3) is 4.13. The lowest BCUT2D eigenvalue weighted by molar-refractivity contribution is 0.0929. The summed E-state index contributed by atoms with van der Waals surface area (Å²) in [5, 5.41) is 5.80. The van der Waals surface area contributed by atoms with Gasteiger partial charge in [-0.2, -0.15) is 5.10 Å². The van der Waals surface area contributed by atoms with Crippen LogP contribution < -0.4 is 10.2 Å². The molecule has 0 spiro atoms. The molecule has 0 aliphatic heterocycles. The smallest absolute Gasteiger partial charge is 0.307 e. The fourth-order valence-corrected chi connectivity index (χ4v) is 2.61. The van der Waals surface area contributed by atoms with E-state index in [0.717, 1.165) is 5.39 Å². The second-order valence-electron chi connectivity index (χ2n) is 5.11. The van der Waals surface area contributed by atoms with Gasteiger partial charge in [-0.1, -0.05) is 23.2 Å². The van der Waals surface area contributed by atoms with Crippen LogP contribution in [0.2, 0.25) is 10.0 Å². The zero-order chi connectivity index (χ0) is 17.8. The topological polar surface area (TPSA) is 63.8 Å². The van der Waals surface area contributed by atoms with Gasteiger partial charge in [-0.05, 0) is 49.4 Å². The van der Waals surface area contributed by atoms with Gasteiger partial charge in [0.1, 0.15) is 11.3 Å². The van der Waals surface area contributed by atoms with Gasteiger partial charge in [0.15, 0.2) is 5.76 Å². The maximum atomic E-state index is 12.2. The second kappa shape index (κ2) is 7.59. The summed E-state index contributed by atoms with van der Waals surface area (Å²) in [6, 6.07) is 11.9. The van der Waals surface area contributed by atoms with E-state index >= 15 is 0 Å². The number of nitrogens with one attached hydrogen (secondary N) is 1.